The predicted octanol–water partition coefficient (Wildman–Crippen LogP) is 9.65. The third-order valence-corrected chi connectivity index (χ3v) is 15.4. The minimum absolute atomic E-state index is 0.0681. The average molecular weight is 750 g/mol. The molecule has 1 aliphatic rings. The van der Waals surface area contributed by atoms with Crippen molar-refractivity contribution in [2.75, 3.05) is 40.6 Å². The van der Waals surface area contributed by atoms with Crippen molar-refractivity contribution in [3.63, 3.8) is 0 Å². The lowest BCUT2D eigenvalue weighted by molar-refractivity contribution is -0.127. The van der Waals surface area contributed by atoms with Gasteiger partial charge >= 0.3 is 6.09 Å². The van der Waals surface area contributed by atoms with Crippen molar-refractivity contribution in [3.05, 3.63) is 23.8 Å². The van der Waals surface area contributed by atoms with E-state index in [1.165, 1.54) is 0 Å². The first-order valence-corrected chi connectivity index (χ1v) is 22.6. The van der Waals surface area contributed by atoms with Gasteiger partial charge < -0.3 is 33.4 Å². The maximum absolute atomic E-state index is 14.1. The molecule has 300 valence electrons. The number of benzene rings is 1. The SMILES string of the molecule is COCCCOc1cc(C[C@@H](C[C@H](NC(=O)OC(C)(C)C)[C@H](C[C@H](C(=O)CC2CCOCC2)C(C)C)O[Si](C)(C)C(C)(C)C)C(C)C)ccc1OC. The van der Waals surface area contributed by atoms with E-state index in [0.717, 1.165) is 44.5 Å². The van der Waals surface area contributed by atoms with Gasteiger partial charge in [0.1, 0.15) is 11.4 Å². The van der Waals surface area contributed by atoms with Crippen molar-refractivity contribution in [1.29, 1.82) is 0 Å². The van der Waals surface area contributed by atoms with Crippen molar-refractivity contribution in [2.45, 2.75) is 150 Å². The molecule has 10 heteroatoms. The second-order valence-corrected chi connectivity index (χ2v) is 22.9. The quantitative estimate of drug-likeness (QED) is 0.0980. The Kier molecular flexibility index (Phi) is 18.7. The molecule has 2 rings (SSSR count). The molecule has 1 saturated heterocycles. The van der Waals surface area contributed by atoms with Crippen LogP contribution >= 0.6 is 0 Å². The zero-order valence-electron chi connectivity index (χ0n) is 35.3. The molecule has 1 heterocycles. The molecule has 1 N–H and O–H groups in total. The molecule has 1 aromatic carbocycles. The van der Waals surface area contributed by atoms with Crippen molar-refractivity contribution >= 4 is 20.2 Å². The number of amides is 1. The van der Waals surface area contributed by atoms with Crippen LogP contribution in [0.1, 0.15) is 113 Å². The van der Waals surface area contributed by atoms with Gasteiger partial charge in [0, 0.05) is 45.7 Å². The molecule has 0 spiro atoms. The third-order valence-electron chi connectivity index (χ3n) is 10.9. The normalized spacial score (nSPS) is 17.1. The topological polar surface area (TPSA) is 102 Å². The molecule has 1 aliphatic heterocycles. The highest BCUT2D eigenvalue weighted by Crippen LogP contribution is 2.40. The van der Waals surface area contributed by atoms with Gasteiger partial charge in [-0.1, -0.05) is 54.5 Å². The summed E-state index contributed by atoms with van der Waals surface area (Å²) >= 11 is 0. The number of Topliss-reactive ketones (excluding diaryl/α,β-unsaturated/α-hetero) is 1. The third kappa shape index (κ3) is 15.7. The second-order valence-electron chi connectivity index (χ2n) is 18.1. The standard InChI is InChI=1S/C42H75NO8Si/c1-29(2)33(24-32-16-17-37(47-12)39(26-32)49-21-15-20-46-11)27-35(43-40(45)50-41(5,6)7)38(51-52(13,14)42(8,9)10)28-34(30(3)4)36(44)25-31-18-22-48-23-19-31/h16-17,26,29-31,33-35,38H,15,18-25,27-28H2,1-14H3,(H,43,45)/t33-,34-,35-,38-/m0/s1. The Morgan fingerprint density at radius 3 is 2.12 bits per heavy atom. The van der Waals surface area contributed by atoms with Crippen molar-refractivity contribution in [1.82, 2.24) is 5.32 Å². The van der Waals surface area contributed by atoms with Crippen molar-refractivity contribution in [3.8, 4) is 11.5 Å². The number of carbonyl (C=O) groups is 2. The number of alkyl carbamates (subject to hydrolysis) is 1. The average Bonchev–Trinajstić information content (AvgIpc) is 3.03. The molecule has 9 nitrogen and oxygen atoms in total. The smallest absolute Gasteiger partial charge is 0.407 e. The van der Waals surface area contributed by atoms with Crippen molar-refractivity contribution < 1.29 is 37.7 Å². The molecule has 0 aliphatic carbocycles. The zero-order valence-corrected chi connectivity index (χ0v) is 36.3. The number of ketones is 1. The monoisotopic (exact) mass is 750 g/mol. The highest BCUT2D eigenvalue weighted by molar-refractivity contribution is 6.74. The number of hydrogen-bond donors (Lipinski definition) is 1. The molecule has 0 bridgehead atoms. The summed E-state index contributed by atoms with van der Waals surface area (Å²) in [5.74, 6) is 2.44. The molecular formula is C42H75NO8Si. The maximum Gasteiger partial charge on any atom is 0.407 e. The van der Waals surface area contributed by atoms with E-state index in [9.17, 15) is 9.59 Å². The van der Waals surface area contributed by atoms with E-state index in [4.69, 9.17) is 28.1 Å². The van der Waals surface area contributed by atoms with E-state index >= 15 is 0 Å². The fraction of sp³-hybridized carbons (Fsp3) is 0.810. The fourth-order valence-electron chi connectivity index (χ4n) is 6.59. The Labute approximate surface area is 318 Å². The zero-order chi connectivity index (χ0) is 39.3. The summed E-state index contributed by atoms with van der Waals surface area (Å²) in [6.45, 7) is 28.2. The molecule has 1 amide bonds. The van der Waals surface area contributed by atoms with E-state index in [2.05, 4.69) is 79.0 Å². The molecule has 4 atom stereocenters. The summed E-state index contributed by atoms with van der Waals surface area (Å²) in [5, 5.41) is 3.24. The van der Waals surface area contributed by atoms with E-state index in [0.29, 0.717) is 61.6 Å². The van der Waals surface area contributed by atoms with Crippen LogP contribution < -0.4 is 14.8 Å². The van der Waals surface area contributed by atoms with Gasteiger partial charge in [0.25, 0.3) is 0 Å². The minimum atomic E-state index is -2.36. The number of nitrogens with one attached hydrogen (secondary N) is 1. The lowest BCUT2D eigenvalue weighted by Crippen LogP contribution is -2.54. The molecule has 1 aromatic rings. The first kappa shape index (κ1) is 46.0. The van der Waals surface area contributed by atoms with E-state index in [1.54, 1.807) is 14.2 Å². The Balaban J connectivity index is 2.56. The van der Waals surface area contributed by atoms with Gasteiger partial charge in [-0.2, -0.15) is 0 Å². The lowest BCUT2D eigenvalue weighted by Gasteiger charge is -2.43. The highest BCUT2D eigenvalue weighted by Gasteiger charge is 2.43. The Morgan fingerprint density at radius 1 is 0.923 bits per heavy atom. The summed E-state index contributed by atoms with van der Waals surface area (Å²) in [6.07, 6.45) is 4.31. The van der Waals surface area contributed by atoms with Crippen LogP contribution in [-0.4, -0.2) is 78.6 Å². The van der Waals surface area contributed by atoms with E-state index < -0.39 is 20.0 Å². The van der Waals surface area contributed by atoms with Gasteiger partial charge in [0.05, 0.1) is 25.9 Å². The molecule has 0 unspecified atom stereocenters. The van der Waals surface area contributed by atoms with Crippen LogP contribution in [0.3, 0.4) is 0 Å². The molecule has 0 aromatic heterocycles. The number of rotatable bonds is 21. The van der Waals surface area contributed by atoms with Gasteiger partial charge in [-0.05, 0) is 112 Å². The Bertz CT molecular complexity index is 1220. The molecular weight excluding hydrogens is 675 g/mol. The van der Waals surface area contributed by atoms with Crippen molar-refractivity contribution in [2.24, 2.45) is 29.6 Å². The van der Waals surface area contributed by atoms with Gasteiger partial charge in [0.2, 0.25) is 0 Å². The number of ether oxygens (including phenoxy) is 5. The minimum Gasteiger partial charge on any atom is -0.493 e. The van der Waals surface area contributed by atoms with Gasteiger partial charge in [-0.3, -0.25) is 4.79 Å². The van der Waals surface area contributed by atoms with E-state index in [-0.39, 0.29) is 34.9 Å². The van der Waals surface area contributed by atoms with Crippen LogP contribution in [0.4, 0.5) is 4.79 Å². The van der Waals surface area contributed by atoms with Crippen LogP contribution in [0.15, 0.2) is 18.2 Å². The summed E-state index contributed by atoms with van der Waals surface area (Å²) in [7, 11) is 0.988. The van der Waals surface area contributed by atoms with Gasteiger partial charge in [0.15, 0.2) is 19.8 Å². The van der Waals surface area contributed by atoms with Crippen LogP contribution in [0.5, 0.6) is 11.5 Å². The predicted molar refractivity (Wildman–Crippen MR) is 213 cm³/mol. The maximum atomic E-state index is 14.1. The summed E-state index contributed by atoms with van der Waals surface area (Å²) in [5.41, 5.74) is 0.468. The number of methoxy groups -OCH3 is 2. The first-order chi connectivity index (χ1) is 24.2. The summed E-state index contributed by atoms with van der Waals surface area (Å²) in [4.78, 5) is 27.8. The molecule has 1 fully saturated rings. The lowest BCUT2D eigenvalue weighted by atomic mass is 9.78. The highest BCUT2D eigenvalue weighted by atomic mass is 28.4. The van der Waals surface area contributed by atoms with E-state index in [1.807, 2.05) is 26.8 Å². The molecule has 0 radical (unpaired) electrons. The number of hydrogen-bond acceptors (Lipinski definition) is 8. The fourth-order valence-corrected chi connectivity index (χ4v) is 7.96. The molecule has 52 heavy (non-hydrogen) atoms. The first-order valence-electron chi connectivity index (χ1n) is 19.7. The van der Waals surface area contributed by atoms with Gasteiger partial charge in [-0.15, -0.1) is 0 Å². The van der Waals surface area contributed by atoms with Crippen LogP contribution in [-0.2, 0) is 29.9 Å². The molecule has 0 saturated carbocycles. The number of carbonyl (C=O) groups excluding carboxylic acids is 2. The largest absolute Gasteiger partial charge is 0.493 e. The van der Waals surface area contributed by atoms with Crippen LogP contribution in [0, 0.1) is 29.6 Å². The van der Waals surface area contributed by atoms with Crippen LogP contribution in [0.25, 0.3) is 0 Å². The Morgan fingerprint density at radius 2 is 1.58 bits per heavy atom. The van der Waals surface area contributed by atoms with Gasteiger partial charge in [-0.25, -0.2) is 4.79 Å². The summed E-state index contributed by atoms with van der Waals surface area (Å²) < 4.78 is 35.7. The Hall–Kier alpha value is -2.14. The summed E-state index contributed by atoms with van der Waals surface area (Å²) in [6, 6.07) is 5.76. The second kappa shape index (κ2) is 21.1. The van der Waals surface area contributed by atoms with Crippen LogP contribution in [0.2, 0.25) is 18.1 Å².